The van der Waals surface area contributed by atoms with Crippen LogP contribution in [0.2, 0.25) is 0 Å². The second-order valence-corrected chi connectivity index (χ2v) is 8.52. The lowest BCUT2D eigenvalue weighted by Crippen LogP contribution is -2.17. The molecule has 0 unspecified atom stereocenters. The maximum atomic E-state index is 13.3. The van der Waals surface area contributed by atoms with Gasteiger partial charge in [-0.25, -0.2) is 9.67 Å². The summed E-state index contributed by atoms with van der Waals surface area (Å²) in [6, 6.07) is 11.6. The number of hydrogen-bond donors (Lipinski definition) is 1. The van der Waals surface area contributed by atoms with E-state index in [9.17, 15) is 4.79 Å². The Balaban J connectivity index is 0.00000274. The third-order valence-electron chi connectivity index (χ3n) is 6.02. The molecular formula is C25H30N6O2. The van der Waals surface area contributed by atoms with E-state index < -0.39 is 0 Å². The zero-order valence-corrected chi connectivity index (χ0v) is 19.0. The molecule has 0 radical (unpaired) electrons. The van der Waals surface area contributed by atoms with Crippen molar-refractivity contribution >= 4 is 22.9 Å². The van der Waals surface area contributed by atoms with Crippen LogP contribution in [0.5, 0.6) is 5.88 Å². The smallest absolute Gasteiger partial charge is 0.258 e. The summed E-state index contributed by atoms with van der Waals surface area (Å²) in [7, 11) is 1.86. The van der Waals surface area contributed by atoms with E-state index in [-0.39, 0.29) is 7.33 Å². The minimum absolute atomic E-state index is 0. The lowest BCUT2D eigenvalue weighted by Gasteiger charge is -2.11. The van der Waals surface area contributed by atoms with Gasteiger partial charge < -0.3 is 9.30 Å². The molecule has 172 valence electrons. The monoisotopic (exact) mass is 446 g/mol. The fourth-order valence-corrected chi connectivity index (χ4v) is 4.35. The van der Waals surface area contributed by atoms with Crippen LogP contribution >= 0.6 is 0 Å². The fourth-order valence-electron chi connectivity index (χ4n) is 4.35. The van der Waals surface area contributed by atoms with Crippen molar-refractivity contribution in [1.82, 2.24) is 24.3 Å². The van der Waals surface area contributed by atoms with Crippen molar-refractivity contribution in [3.63, 3.8) is 0 Å². The van der Waals surface area contributed by atoms with Gasteiger partial charge in [0.05, 0.1) is 35.1 Å². The van der Waals surface area contributed by atoms with E-state index in [1.54, 1.807) is 23.0 Å². The second-order valence-electron chi connectivity index (χ2n) is 8.52. The third-order valence-corrected chi connectivity index (χ3v) is 6.02. The molecule has 8 heteroatoms. The molecule has 33 heavy (non-hydrogen) atoms. The van der Waals surface area contributed by atoms with Gasteiger partial charge in [-0.05, 0) is 44.0 Å². The minimum atomic E-state index is -0.214. The number of benzene rings is 1. The molecule has 1 N–H and O–H groups in total. The van der Waals surface area contributed by atoms with Crippen molar-refractivity contribution in [3.05, 3.63) is 53.9 Å². The maximum Gasteiger partial charge on any atom is 0.258 e. The summed E-state index contributed by atoms with van der Waals surface area (Å²) in [6.45, 7) is 3.32. The van der Waals surface area contributed by atoms with Crippen LogP contribution in [0.4, 0.5) is 5.95 Å². The van der Waals surface area contributed by atoms with Crippen LogP contribution in [0.3, 0.4) is 0 Å². The normalized spacial score (nSPS) is 15.3. The average molecular weight is 447 g/mol. The van der Waals surface area contributed by atoms with E-state index in [0.717, 1.165) is 60.9 Å². The first kappa shape index (κ1) is 21.2. The number of aryl methyl sites for hydroxylation is 3. The first-order valence-electron chi connectivity index (χ1n) is 11.5. The number of aromatic nitrogens is 5. The van der Waals surface area contributed by atoms with Crippen LogP contribution in [0.1, 0.15) is 49.6 Å². The second kappa shape index (κ2) is 9.05. The Morgan fingerprint density at radius 3 is 2.79 bits per heavy atom. The molecule has 0 atom stereocenters. The fraction of sp³-hybridized carbons (Fsp3) is 0.360. The van der Waals surface area contributed by atoms with Gasteiger partial charge in [0.15, 0.2) is 0 Å². The van der Waals surface area contributed by atoms with Crippen molar-refractivity contribution < 1.29 is 11.0 Å². The Morgan fingerprint density at radius 2 is 1.88 bits per heavy atom. The average Bonchev–Trinajstić information content (AvgIpc) is 3.34. The molecule has 8 nitrogen and oxygen atoms in total. The number of ether oxygens (including phenoxy) is 1. The molecule has 0 fully saturated rings. The summed E-state index contributed by atoms with van der Waals surface area (Å²) >= 11 is 0. The van der Waals surface area contributed by atoms with Crippen LogP contribution in [0.15, 0.2) is 42.6 Å². The zero-order valence-electron chi connectivity index (χ0n) is 19.0. The van der Waals surface area contributed by atoms with Gasteiger partial charge in [0.1, 0.15) is 0 Å². The number of carbonyl (C=O) groups excluding carboxylic acids is 1. The van der Waals surface area contributed by atoms with Gasteiger partial charge in [0.25, 0.3) is 5.91 Å². The van der Waals surface area contributed by atoms with Crippen LogP contribution in [0.25, 0.3) is 22.3 Å². The summed E-state index contributed by atoms with van der Waals surface area (Å²) < 4.78 is 9.91. The Bertz CT molecular complexity index is 1310. The molecule has 0 saturated heterocycles. The number of para-hydroxylation sites is 2. The Hall–Kier alpha value is -3.68. The number of fused-ring (bicyclic) bond motifs is 7. The number of rotatable bonds is 0. The van der Waals surface area contributed by atoms with Gasteiger partial charge in [-0.3, -0.25) is 15.1 Å². The molecule has 0 saturated carbocycles. The number of anilines is 1. The van der Waals surface area contributed by atoms with Crippen molar-refractivity contribution in [1.29, 1.82) is 0 Å². The summed E-state index contributed by atoms with van der Waals surface area (Å²) in [5.74, 6) is 1.03. The number of nitrogens with zero attached hydrogens (tertiary/aromatic N) is 5. The van der Waals surface area contributed by atoms with Crippen molar-refractivity contribution in [2.75, 3.05) is 11.9 Å². The largest absolute Gasteiger partial charge is 0.477 e. The van der Waals surface area contributed by atoms with Gasteiger partial charge >= 0.3 is 0 Å². The molecule has 0 spiro atoms. The highest BCUT2D eigenvalue weighted by molar-refractivity contribution is 6.04. The van der Waals surface area contributed by atoms with E-state index in [4.69, 9.17) is 9.72 Å². The van der Waals surface area contributed by atoms with E-state index in [2.05, 4.69) is 26.0 Å². The SMILES string of the molecule is Cc1cc2cc(n1)-c1cnn(C)c1OCCCCCCCn1c(nc3ccccc31)NC2=O.[HH]. The number of imidazole rings is 1. The van der Waals surface area contributed by atoms with Crippen LogP contribution in [-0.2, 0) is 13.6 Å². The molecule has 1 aliphatic rings. The molecule has 4 aromatic rings. The number of nitrogens with one attached hydrogen (secondary N) is 1. The molecular weight excluding hydrogens is 416 g/mol. The summed E-state index contributed by atoms with van der Waals surface area (Å²) in [5.41, 5.74) is 4.64. The van der Waals surface area contributed by atoms with E-state index >= 15 is 0 Å². The van der Waals surface area contributed by atoms with Gasteiger partial charge in [0.2, 0.25) is 11.8 Å². The molecule has 1 aromatic carbocycles. The van der Waals surface area contributed by atoms with Gasteiger partial charge in [0, 0.05) is 26.3 Å². The van der Waals surface area contributed by atoms with E-state index in [1.165, 1.54) is 0 Å². The number of carbonyl (C=O) groups is 1. The topological polar surface area (TPSA) is 86.9 Å². The lowest BCUT2D eigenvalue weighted by atomic mass is 10.1. The predicted octanol–water partition coefficient (Wildman–Crippen LogP) is 4.98. The molecule has 4 heterocycles. The van der Waals surface area contributed by atoms with Gasteiger partial charge in [-0.1, -0.05) is 31.4 Å². The quantitative estimate of drug-likeness (QED) is 0.412. The zero-order chi connectivity index (χ0) is 22.8. The first-order valence-corrected chi connectivity index (χ1v) is 11.5. The Kier molecular flexibility index (Phi) is 5.81. The number of amides is 1. The Morgan fingerprint density at radius 1 is 1.06 bits per heavy atom. The van der Waals surface area contributed by atoms with Crippen molar-refractivity contribution in [2.45, 2.75) is 45.6 Å². The van der Waals surface area contributed by atoms with Crippen LogP contribution < -0.4 is 10.1 Å². The highest BCUT2D eigenvalue weighted by atomic mass is 16.5. The van der Waals surface area contributed by atoms with Crippen LogP contribution in [0, 0.1) is 6.92 Å². The standard InChI is InChI=1S/C25H28N6O2.H2/c1-17-14-18-15-21(27-17)19-16-26-30(2)24(19)33-13-9-5-3-4-8-12-31-22-11-7-6-10-20(22)28-25(31)29-23(18)32;/h6-7,10-11,14-16H,3-5,8-9,12-13H2,1-2H3,(H,28,29,32);1H. The van der Waals surface area contributed by atoms with Crippen LogP contribution in [-0.4, -0.2) is 36.8 Å². The molecule has 3 aromatic heterocycles. The van der Waals surface area contributed by atoms with Gasteiger partial charge in [-0.15, -0.1) is 0 Å². The van der Waals surface area contributed by atoms with Crippen molar-refractivity contribution in [3.8, 4) is 17.1 Å². The molecule has 1 aliphatic heterocycles. The van der Waals surface area contributed by atoms with Gasteiger partial charge in [-0.2, -0.15) is 5.10 Å². The number of pyridine rings is 1. The summed E-state index contributed by atoms with van der Waals surface area (Å²) in [6.07, 6.45) is 7.10. The van der Waals surface area contributed by atoms with Crippen molar-refractivity contribution in [2.24, 2.45) is 7.05 Å². The van der Waals surface area contributed by atoms with E-state index in [0.29, 0.717) is 29.7 Å². The molecule has 1 amide bonds. The molecule has 2 bridgehead atoms. The maximum absolute atomic E-state index is 13.3. The molecule has 0 aliphatic carbocycles. The summed E-state index contributed by atoms with van der Waals surface area (Å²) in [5, 5.41) is 7.41. The predicted molar refractivity (Wildman–Crippen MR) is 130 cm³/mol. The summed E-state index contributed by atoms with van der Waals surface area (Å²) in [4.78, 5) is 22.7. The number of hydrogen-bond acceptors (Lipinski definition) is 5. The Labute approximate surface area is 194 Å². The third kappa shape index (κ3) is 4.33. The lowest BCUT2D eigenvalue weighted by molar-refractivity contribution is 0.102. The van der Waals surface area contributed by atoms with E-state index in [1.807, 2.05) is 32.2 Å². The first-order chi connectivity index (χ1) is 16.1. The molecule has 5 rings (SSSR count). The minimum Gasteiger partial charge on any atom is -0.477 e. The highest BCUT2D eigenvalue weighted by Crippen LogP contribution is 2.30. The highest BCUT2D eigenvalue weighted by Gasteiger charge is 2.19.